The number of aromatic amines is 3. The largest absolute Gasteiger partial charge is 0.388 e. The molecule has 0 saturated carbocycles. The number of amidine groups is 1. The normalized spacial score (nSPS) is 11.0. The third kappa shape index (κ3) is 17.7. The molecule has 0 radical (unpaired) electrons. The van der Waals surface area contributed by atoms with Crippen molar-refractivity contribution >= 4 is 51.2 Å². The van der Waals surface area contributed by atoms with Crippen molar-refractivity contribution in [1.82, 2.24) is 79.0 Å². The predicted octanol–water partition coefficient (Wildman–Crippen LogP) is 0.973. The Labute approximate surface area is 509 Å². The number of unbranched alkanes of at least 4 members (excludes halogenated alkanes) is 1. The lowest BCUT2D eigenvalue weighted by Crippen LogP contribution is -2.30. The van der Waals surface area contributed by atoms with Crippen LogP contribution in [0, 0.1) is 66.2 Å². The molecule has 30 heteroatoms. The van der Waals surface area contributed by atoms with E-state index in [1.54, 1.807) is 0 Å². The van der Waals surface area contributed by atoms with Crippen molar-refractivity contribution in [2.75, 3.05) is 45.8 Å². The number of benzene rings is 3. The predicted molar refractivity (Wildman–Crippen MR) is 345 cm³/mol. The van der Waals surface area contributed by atoms with E-state index in [9.17, 15) is 33.6 Å². The molecular formula is C59H79N23O7. The summed E-state index contributed by atoms with van der Waals surface area (Å²) < 4.78 is 6.70. The van der Waals surface area contributed by atoms with Gasteiger partial charge in [-0.2, -0.15) is 20.1 Å². The lowest BCUT2D eigenvalue weighted by Gasteiger charge is -2.18. The van der Waals surface area contributed by atoms with Crippen molar-refractivity contribution in [1.29, 1.82) is 10.8 Å². The highest BCUT2D eigenvalue weighted by molar-refractivity contribution is 5.84. The Kier molecular flexibility index (Phi) is 24.3. The van der Waals surface area contributed by atoms with E-state index in [1.165, 1.54) is 9.25 Å². The number of carbonyl (C=O) groups is 1. The van der Waals surface area contributed by atoms with Gasteiger partial charge in [0.15, 0.2) is 34.6 Å². The van der Waals surface area contributed by atoms with Crippen molar-refractivity contribution in [3.05, 3.63) is 150 Å². The molecule has 472 valence electrons. The molecule has 7 heterocycles. The zero-order valence-corrected chi connectivity index (χ0v) is 51.4. The SMILES string of the molecule is Cc1cc(C)n(C(=N)N)n1.Cc1cc2nc3c(=O)[nH]c(=O)nc-3n(CC=O)c2cc1C.Cc1cc2nc3c(=O)[nH]c(=O)nc-3n(CCNCCCCC(=N)N)c2cc1C.Cc1cc2nc3c(=O)[nH]c(=O)nc-3n(CCNCCCN)c2cc1C.NCCCN. The second-order valence-electron chi connectivity index (χ2n) is 21.1. The van der Waals surface area contributed by atoms with Crippen molar-refractivity contribution in [3.63, 3.8) is 0 Å². The van der Waals surface area contributed by atoms with Gasteiger partial charge < -0.3 is 57.8 Å². The maximum absolute atomic E-state index is 12.2. The van der Waals surface area contributed by atoms with Gasteiger partial charge in [-0.15, -0.1) is 0 Å². The topological polar surface area (TPSA) is 479 Å². The van der Waals surface area contributed by atoms with Crippen LogP contribution in [0.4, 0.5) is 0 Å². The maximum Gasteiger partial charge on any atom is 0.349 e. The summed E-state index contributed by atoms with van der Waals surface area (Å²) in [5.74, 6) is 0.894. The van der Waals surface area contributed by atoms with Crippen LogP contribution in [-0.4, -0.2) is 132 Å². The number of nitrogens with zero attached hydrogens (tertiary/aromatic N) is 11. The Hall–Kier alpha value is -9.88. The van der Waals surface area contributed by atoms with Crippen molar-refractivity contribution < 1.29 is 4.79 Å². The first-order valence-corrected chi connectivity index (χ1v) is 28.8. The van der Waals surface area contributed by atoms with E-state index in [-0.39, 0.29) is 41.2 Å². The molecule has 6 aliphatic rings. The van der Waals surface area contributed by atoms with Gasteiger partial charge in [0.2, 0.25) is 5.96 Å². The van der Waals surface area contributed by atoms with Crippen LogP contribution in [0.25, 0.3) is 67.7 Å². The van der Waals surface area contributed by atoms with Crippen LogP contribution in [0.15, 0.2) is 71.2 Å². The molecule has 89 heavy (non-hydrogen) atoms. The van der Waals surface area contributed by atoms with Gasteiger partial charge in [0.05, 0.1) is 51.2 Å². The Bertz CT molecular complexity index is 4420. The van der Waals surface area contributed by atoms with E-state index < -0.39 is 33.7 Å². The van der Waals surface area contributed by atoms with Crippen LogP contribution in [0.3, 0.4) is 0 Å². The van der Waals surface area contributed by atoms with E-state index in [0.29, 0.717) is 79.1 Å². The molecule has 0 spiro atoms. The minimum absolute atomic E-state index is 0.00604. The minimum Gasteiger partial charge on any atom is -0.388 e. The summed E-state index contributed by atoms with van der Waals surface area (Å²) in [5, 5.41) is 24.9. The number of nitrogen functional groups attached to an aromatic ring is 1. The second kappa shape index (κ2) is 31.7. The summed E-state index contributed by atoms with van der Waals surface area (Å²) in [4.78, 5) is 114. The number of carbonyl (C=O) groups excluding carboxylic acids is 1. The zero-order valence-electron chi connectivity index (χ0n) is 51.4. The van der Waals surface area contributed by atoms with E-state index in [2.05, 4.69) is 60.6 Å². The molecular weight excluding hydrogens is 1140 g/mol. The van der Waals surface area contributed by atoms with Gasteiger partial charge in [0.1, 0.15) is 6.29 Å². The smallest absolute Gasteiger partial charge is 0.349 e. The van der Waals surface area contributed by atoms with Crippen LogP contribution >= 0.6 is 0 Å². The molecule has 0 aliphatic carbocycles. The van der Waals surface area contributed by atoms with Crippen LogP contribution in [0.2, 0.25) is 0 Å². The molecule has 0 atom stereocenters. The fourth-order valence-corrected chi connectivity index (χ4v) is 9.28. The van der Waals surface area contributed by atoms with Gasteiger partial charge in [-0.1, -0.05) is 0 Å². The first kappa shape index (κ1) is 68.2. The number of aldehydes is 1. The molecule has 6 aliphatic heterocycles. The summed E-state index contributed by atoms with van der Waals surface area (Å²) in [6.45, 7) is 21.8. The third-order valence-electron chi connectivity index (χ3n) is 14.2. The highest BCUT2D eigenvalue weighted by Crippen LogP contribution is 2.26. The second-order valence-corrected chi connectivity index (χ2v) is 21.1. The monoisotopic (exact) mass is 1220 g/mol. The van der Waals surface area contributed by atoms with Gasteiger partial charge in [0.25, 0.3) is 16.7 Å². The molecule has 17 N–H and O–H groups in total. The number of rotatable bonds is 18. The lowest BCUT2D eigenvalue weighted by atomic mass is 10.1. The first-order valence-electron chi connectivity index (χ1n) is 28.8. The molecule has 10 rings (SSSR count). The molecule has 1 aromatic heterocycles. The van der Waals surface area contributed by atoms with Crippen LogP contribution < -0.4 is 73.0 Å². The number of nitrogens with one attached hydrogen (secondary N) is 7. The van der Waals surface area contributed by atoms with Crippen LogP contribution in [0.5, 0.6) is 0 Å². The molecule has 0 unspecified atom stereocenters. The van der Waals surface area contributed by atoms with E-state index in [4.69, 9.17) is 39.5 Å². The molecule has 0 fully saturated rings. The molecule has 0 amide bonds. The minimum atomic E-state index is -0.753. The molecule has 3 aromatic carbocycles. The number of fused-ring (bicyclic) bond motifs is 6. The lowest BCUT2D eigenvalue weighted by molar-refractivity contribution is -0.108. The summed E-state index contributed by atoms with van der Waals surface area (Å²) in [6.07, 6.45) is 4.92. The summed E-state index contributed by atoms with van der Waals surface area (Å²) in [7, 11) is 0. The molecule has 4 aromatic rings. The quantitative estimate of drug-likeness (QED) is 0.0187. The summed E-state index contributed by atoms with van der Waals surface area (Å²) >= 11 is 0. The van der Waals surface area contributed by atoms with Crippen LogP contribution in [-0.2, 0) is 24.4 Å². The highest BCUT2D eigenvalue weighted by atomic mass is 16.2. The number of H-pyrrole nitrogens is 3. The van der Waals surface area contributed by atoms with Gasteiger partial charge in [-0.3, -0.25) is 40.2 Å². The molecule has 0 saturated heterocycles. The van der Waals surface area contributed by atoms with Crippen molar-refractivity contribution in [2.45, 2.75) is 107 Å². The molecule has 30 nitrogen and oxygen atoms in total. The zero-order chi connectivity index (χ0) is 65.2. The van der Waals surface area contributed by atoms with Gasteiger partial charge in [-0.25, -0.2) is 34.0 Å². The highest BCUT2D eigenvalue weighted by Gasteiger charge is 2.22. The summed E-state index contributed by atoms with van der Waals surface area (Å²) in [5.41, 5.74) is 35.4. The van der Waals surface area contributed by atoms with Crippen molar-refractivity contribution in [3.8, 4) is 34.6 Å². The van der Waals surface area contributed by atoms with E-state index in [1.807, 2.05) is 107 Å². The standard InChI is InChI=1S/C19H25N7O2.C17H22N6O2.C14H12N4O3.C6H10N4.C3H10N2/c1-11-9-13-14(10-12(11)2)26(8-7-22-6-4-3-5-15(20)21)17-16(23-13)18(27)25-19(28)24-17;1-10-8-12-13(9-11(10)2)23(7-6-19-5-3-4-18)15-14(20-12)16(24)22-17(25)21-15;1-7-5-9-10(6-8(7)2)18(3-4-19)12-11(15-9)13(20)17-14(21)16-12;1-4-3-5(2)10(9-4)6(7)8;4-2-1-3-5/h9-10,22H,3-8H2,1-2H3,(H3,20,21)(H,25,27,28);8-9,19H,3-7,18H2,1-2H3,(H,22,24,25);4-6H,3H2,1-2H3,(H,17,20,21);3H,1-2H3,(H3,7,8);1-5H2. The number of hydrogen-bond donors (Lipinski definition) is 12. The van der Waals surface area contributed by atoms with E-state index in [0.717, 1.165) is 108 Å². The first-order chi connectivity index (χ1) is 42.4. The number of hydrogen-bond acceptors (Lipinski definition) is 21. The number of nitrogens with two attached hydrogens (primary N) is 5. The van der Waals surface area contributed by atoms with Gasteiger partial charge in [-0.05, 0) is 190 Å². The molecule has 0 bridgehead atoms. The average Bonchev–Trinajstić information content (AvgIpc) is 1.17. The maximum atomic E-state index is 12.2. The fraction of sp³-hybridized carbons (Fsp3) is 0.390. The Morgan fingerprint density at radius 3 is 1.19 bits per heavy atom. The van der Waals surface area contributed by atoms with Gasteiger partial charge >= 0.3 is 17.1 Å². The van der Waals surface area contributed by atoms with Crippen LogP contribution in [0.1, 0.15) is 76.9 Å². The van der Waals surface area contributed by atoms with Crippen molar-refractivity contribution in [2.24, 2.45) is 28.7 Å². The van der Waals surface area contributed by atoms with Gasteiger partial charge in [0, 0.05) is 38.3 Å². The number of aromatic nitrogens is 14. The van der Waals surface area contributed by atoms with E-state index >= 15 is 0 Å². The fourth-order valence-electron chi connectivity index (χ4n) is 9.28. The number of aryl methyl sites for hydroxylation is 8. The summed E-state index contributed by atoms with van der Waals surface area (Å²) in [6, 6.07) is 13.5. The Morgan fingerprint density at radius 1 is 0.494 bits per heavy atom. The Balaban J connectivity index is 0.000000192. The average molecular weight is 1220 g/mol. The Morgan fingerprint density at radius 2 is 0.865 bits per heavy atom. The third-order valence-corrected chi connectivity index (χ3v) is 14.2.